The molecule has 9 heteroatoms. The molecule has 0 atom stereocenters. The van der Waals surface area contributed by atoms with Crippen LogP contribution in [0.5, 0.6) is 0 Å². The molecule has 2 aromatic carbocycles. The summed E-state index contributed by atoms with van der Waals surface area (Å²) in [6.07, 6.45) is 1.16. The van der Waals surface area contributed by atoms with Crippen LogP contribution in [0.25, 0.3) is 21.0 Å². The summed E-state index contributed by atoms with van der Waals surface area (Å²) in [5, 5.41) is 14.9. The number of aromatic nitrogens is 2. The Labute approximate surface area is 194 Å². The zero-order chi connectivity index (χ0) is 24.0. The molecule has 0 bridgehead atoms. The lowest BCUT2D eigenvalue weighted by atomic mass is 10.1. The van der Waals surface area contributed by atoms with Crippen LogP contribution in [0.4, 0.5) is 8.78 Å². The van der Waals surface area contributed by atoms with Gasteiger partial charge >= 0.3 is 0 Å². The minimum absolute atomic E-state index is 0.0499. The molecule has 0 saturated carbocycles. The summed E-state index contributed by atoms with van der Waals surface area (Å²) in [4.78, 5) is 1.89. The predicted molar refractivity (Wildman–Crippen MR) is 125 cm³/mol. The van der Waals surface area contributed by atoms with E-state index in [1.165, 1.54) is 23.5 Å². The molecule has 1 N–H and O–H groups in total. The molecular formula is C24H22F2N2O3S2. The summed E-state index contributed by atoms with van der Waals surface area (Å²) in [6.45, 7) is 3.27. The fourth-order valence-electron chi connectivity index (χ4n) is 3.36. The van der Waals surface area contributed by atoms with Crippen LogP contribution in [0, 0.1) is 11.6 Å². The van der Waals surface area contributed by atoms with Gasteiger partial charge < -0.3 is 5.11 Å². The van der Waals surface area contributed by atoms with Gasteiger partial charge in [-0.25, -0.2) is 17.2 Å². The van der Waals surface area contributed by atoms with Gasteiger partial charge in [-0.1, -0.05) is 18.2 Å². The number of thiophene rings is 1. The van der Waals surface area contributed by atoms with Crippen molar-refractivity contribution in [2.45, 2.75) is 30.9 Å². The van der Waals surface area contributed by atoms with Crippen LogP contribution in [0.15, 0.2) is 65.6 Å². The summed E-state index contributed by atoms with van der Waals surface area (Å²) < 4.78 is 53.0. The van der Waals surface area contributed by atoms with Gasteiger partial charge in [0.05, 0.1) is 27.7 Å². The maximum Gasteiger partial charge on any atom is 0.175 e. The first kappa shape index (κ1) is 23.3. The molecule has 4 rings (SSSR count). The average molecular weight is 489 g/mol. The zero-order valence-corrected chi connectivity index (χ0v) is 19.8. The van der Waals surface area contributed by atoms with E-state index in [2.05, 4.69) is 5.10 Å². The third kappa shape index (κ3) is 5.05. The van der Waals surface area contributed by atoms with Crippen LogP contribution >= 0.6 is 11.3 Å². The minimum atomic E-state index is -3.34. The monoisotopic (exact) mass is 488 g/mol. The van der Waals surface area contributed by atoms with Gasteiger partial charge in [-0.3, -0.25) is 4.68 Å². The van der Waals surface area contributed by atoms with E-state index < -0.39 is 27.1 Å². The smallest absolute Gasteiger partial charge is 0.175 e. The standard InChI is InChI=1S/C24H22F2N2O3S2/c1-24(2,29)23-13-20(28(27-23)14-16-7-8-17(25)12-19(16)26)22-10-9-21(32-22)15-5-4-6-18(11-15)33(3,30)31/h4-13,29H,14H2,1-3H3. The van der Waals surface area contributed by atoms with Gasteiger partial charge in [0.1, 0.15) is 17.2 Å². The van der Waals surface area contributed by atoms with Crippen LogP contribution in [-0.2, 0) is 22.0 Å². The third-order valence-electron chi connectivity index (χ3n) is 5.15. The number of halogens is 2. The molecule has 0 unspecified atom stereocenters. The lowest BCUT2D eigenvalue weighted by Gasteiger charge is -2.13. The van der Waals surface area contributed by atoms with Gasteiger partial charge in [-0.2, -0.15) is 5.10 Å². The maximum absolute atomic E-state index is 14.3. The number of aliphatic hydroxyl groups is 1. The highest BCUT2D eigenvalue weighted by Gasteiger charge is 2.24. The van der Waals surface area contributed by atoms with Gasteiger partial charge in [0, 0.05) is 22.8 Å². The first-order chi connectivity index (χ1) is 15.4. The molecule has 2 heterocycles. The van der Waals surface area contributed by atoms with Crippen molar-refractivity contribution < 1.29 is 22.3 Å². The molecule has 0 aliphatic rings. The predicted octanol–water partition coefficient (Wildman–Crippen LogP) is 5.24. The Morgan fingerprint density at radius 2 is 1.76 bits per heavy atom. The van der Waals surface area contributed by atoms with Crippen molar-refractivity contribution in [1.82, 2.24) is 9.78 Å². The Kier molecular flexibility index (Phi) is 5.98. The second-order valence-corrected chi connectivity index (χ2v) is 11.4. The summed E-state index contributed by atoms with van der Waals surface area (Å²) in [7, 11) is -3.34. The van der Waals surface area contributed by atoms with Crippen molar-refractivity contribution in [2.75, 3.05) is 6.26 Å². The van der Waals surface area contributed by atoms with E-state index in [-0.39, 0.29) is 17.0 Å². The van der Waals surface area contributed by atoms with Gasteiger partial charge in [-0.05, 0) is 55.8 Å². The van der Waals surface area contributed by atoms with Crippen LogP contribution in [-0.4, -0.2) is 29.6 Å². The number of hydrogen-bond donors (Lipinski definition) is 1. The number of hydrogen-bond acceptors (Lipinski definition) is 5. The Bertz CT molecular complexity index is 1430. The SMILES string of the molecule is CC(C)(O)c1cc(-c2ccc(-c3cccc(S(C)(=O)=O)c3)s2)n(Cc2ccc(F)cc2F)n1. The first-order valence-electron chi connectivity index (χ1n) is 10.1. The molecule has 2 aromatic heterocycles. The van der Waals surface area contributed by atoms with Crippen molar-refractivity contribution >= 4 is 21.2 Å². The molecular weight excluding hydrogens is 466 g/mol. The van der Waals surface area contributed by atoms with Gasteiger partial charge in [-0.15, -0.1) is 11.3 Å². The lowest BCUT2D eigenvalue weighted by molar-refractivity contribution is 0.0731. The van der Waals surface area contributed by atoms with Crippen molar-refractivity contribution in [2.24, 2.45) is 0 Å². The summed E-state index contributed by atoms with van der Waals surface area (Å²) in [5.74, 6) is -1.33. The van der Waals surface area contributed by atoms with E-state index in [9.17, 15) is 22.3 Å². The van der Waals surface area contributed by atoms with Crippen molar-refractivity contribution in [1.29, 1.82) is 0 Å². The Hall–Kier alpha value is -2.88. The van der Waals surface area contributed by atoms with Crippen molar-refractivity contribution in [3.8, 4) is 21.0 Å². The number of benzene rings is 2. The van der Waals surface area contributed by atoms with Gasteiger partial charge in [0.2, 0.25) is 0 Å². The molecule has 0 saturated heterocycles. The maximum atomic E-state index is 14.3. The molecule has 0 amide bonds. The molecule has 0 fully saturated rings. The van der Waals surface area contributed by atoms with Crippen LogP contribution in [0.3, 0.4) is 0 Å². The topological polar surface area (TPSA) is 72.2 Å². The highest BCUT2D eigenvalue weighted by Crippen LogP contribution is 2.37. The van der Waals surface area contributed by atoms with E-state index in [1.807, 2.05) is 18.2 Å². The van der Waals surface area contributed by atoms with E-state index in [0.717, 1.165) is 27.6 Å². The average Bonchev–Trinajstić information content (AvgIpc) is 3.36. The van der Waals surface area contributed by atoms with Gasteiger partial charge in [0.25, 0.3) is 0 Å². The fourth-order valence-corrected chi connectivity index (χ4v) is 5.05. The molecule has 33 heavy (non-hydrogen) atoms. The van der Waals surface area contributed by atoms with Crippen LogP contribution in [0.2, 0.25) is 0 Å². The molecule has 4 aromatic rings. The molecule has 0 spiro atoms. The number of rotatable bonds is 6. The summed E-state index contributed by atoms with van der Waals surface area (Å²) in [5.41, 5.74) is 0.874. The summed E-state index contributed by atoms with van der Waals surface area (Å²) in [6, 6.07) is 15.6. The number of sulfone groups is 1. The second kappa shape index (κ2) is 8.48. The highest BCUT2D eigenvalue weighted by atomic mass is 32.2. The molecule has 0 radical (unpaired) electrons. The van der Waals surface area contributed by atoms with E-state index in [4.69, 9.17) is 0 Å². The Morgan fingerprint density at radius 1 is 1.03 bits per heavy atom. The second-order valence-electron chi connectivity index (χ2n) is 8.33. The number of nitrogens with zero attached hydrogens (tertiary/aromatic N) is 2. The van der Waals surface area contributed by atoms with Crippen molar-refractivity contribution in [3.05, 3.63) is 83.6 Å². The van der Waals surface area contributed by atoms with E-state index >= 15 is 0 Å². The Morgan fingerprint density at radius 3 is 2.42 bits per heavy atom. The van der Waals surface area contributed by atoms with Gasteiger partial charge in [0.15, 0.2) is 9.84 Å². The van der Waals surface area contributed by atoms with Crippen LogP contribution < -0.4 is 0 Å². The quantitative estimate of drug-likeness (QED) is 0.403. The Balaban J connectivity index is 1.76. The van der Waals surface area contributed by atoms with Crippen LogP contribution in [0.1, 0.15) is 25.1 Å². The fraction of sp³-hybridized carbons (Fsp3) is 0.208. The molecule has 0 aliphatic carbocycles. The normalized spacial score (nSPS) is 12.3. The molecule has 5 nitrogen and oxygen atoms in total. The highest BCUT2D eigenvalue weighted by molar-refractivity contribution is 7.90. The zero-order valence-electron chi connectivity index (χ0n) is 18.2. The summed E-state index contributed by atoms with van der Waals surface area (Å²) >= 11 is 1.42. The minimum Gasteiger partial charge on any atom is -0.384 e. The third-order valence-corrected chi connectivity index (χ3v) is 7.41. The van der Waals surface area contributed by atoms with E-state index in [1.54, 1.807) is 42.8 Å². The lowest BCUT2D eigenvalue weighted by Crippen LogP contribution is -2.17. The first-order valence-corrected chi connectivity index (χ1v) is 12.8. The largest absolute Gasteiger partial charge is 0.384 e. The molecule has 172 valence electrons. The van der Waals surface area contributed by atoms with E-state index in [0.29, 0.717) is 11.4 Å². The molecule has 0 aliphatic heterocycles. The van der Waals surface area contributed by atoms with Crippen molar-refractivity contribution in [3.63, 3.8) is 0 Å².